The third-order valence-electron chi connectivity index (χ3n) is 3.02. The molecule has 1 saturated heterocycles. The number of nitrogen functional groups attached to an aromatic ring is 1. The van der Waals surface area contributed by atoms with E-state index in [9.17, 15) is 0 Å². The van der Waals surface area contributed by atoms with Crippen LogP contribution in [0.15, 0.2) is 18.2 Å². The number of hydrogen-bond donors (Lipinski definition) is 1. The zero-order valence-corrected chi connectivity index (χ0v) is 10.1. The summed E-state index contributed by atoms with van der Waals surface area (Å²) in [7, 11) is 0. The molecule has 3 nitrogen and oxygen atoms in total. The predicted octanol–water partition coefficient (Wildman–Crippen LogP) is 1.80. The van der Waals surface area contributed by atoms with Crippen molar-refractivity contribution in [3.05, 3.63) is 29.3 Å². The molecule has 2 N–H and O–H groups in total. The van der Waals surface area contributed by atoms with Gasteiger partial charge in [0.1, 0.15) is 0 Å². The highest BCUT2D eigenvalue weighted by Gasteiger charge is 2.17. The lowest BCUT2D eigenvalue weighted by Gasteiger charge is -2.31. The molecule has 1 aromatic carbocycles. The van der Waals surface area contributed by atoms with Crippen LogP contribution in [0.2, 0.25) is 0 Å². The molecular weight excluding hydrogens is 200 g/mol. The van der Waals surface area contributed by atoms with Crippen LogP contribution < -0.4 is 5.73 Å². The van der Waals surface area contributed by atoms with Gasteiger partial charge in [-0.1, -0.05) is 17.7 Å². The van der Waals surface area contributed by atoms with Gasteiger partial charge in [0.15, 0.2) is 0 Å². The average molecular weight is 220 g/mol. The molecule has 1 atom stereocenters. The number of ether oxygens (including phenoxy) is 1. The van der Waals surface area contributed by atoms with Crippen molar-refractivity contribution in [1.29, 1.82) is 0 Å². The Labute approximate surface area is 97.2 Å². The third-order valence-corrected chi connectivity index (χ3v) is 3.02. The van der Waals surface area contributed by atoms with Crippen LogP contribution in [-0.2, 0) is 11.3 Å². The first-order valence-corrected chi connectivity index (χ1v) is 5.84. The smallest absolute Gasteiger partial charge is 0.0674 e. The Bertz CT molecular complexity index is 365. The second kappa shape index (κ2) is 4.85. The molecule has 0 aliphatic carbocycles. The van der Waals surface area contributed by atoms with E-state index >= 15 is 0 Å². The van der Waals surface area contributed by atoms with Crippen molar-refractivity contribution in [2.75, 3.05) is 25.4 Å². The maximum Gasteiger partial charge on any atom is 0.0674 e. The SMILES string of the molecule is Cc1ccc(N)c(CN2CCOC(C)C2)c1. The van der Waals surface area contributed by atoms with E-state index in [2.05, 4.69) is 30.9 Å². The Morgan fingerprint density at radius 2 is 2.31 bits per heavy atom. The van der Waals surface area contributed by atoms with Crippen molar-refractivity contribution in [1.82, 2.24) is 4.90 Å². The summed E-state index contributed by atoms with van der Waals surface area (Å²) >= 11 is 0. The van der Waals surface area contributed by atoms with E-state index in [1.165, 1.54) is 11.1 Å². The lowest BCUT2D eigenvalue weighted by molar-refractivity contribution is -0.0211. The summed E-state index contributed by atoms with van der Waals surface area (Å²) in [6.45, 7) is 7.97. The van der Waals surface area contributed by atoms with Crippen LogP contribution >= 0.6 is 0 Å². The zero-order valence-electron chi connectivity index (χ0n) is 10.1. The van der Waals surface area contributed by atoms with Gasteiger partial charge in [-0.15, -0.1) is 0 Å². The average Bonchev–Trinajstić information content (AvgIpc) is 2.24. The van der Waals surface area contributed by atoms with Crippen LogP contribution in [0.25, 0.3) is 0 Å². The normalized spacial score (nSPS) is 22.2. The molecule has 0 amide bonds. The van der Waals surface area contributed by atoms with Gasteiger partial charge in [0, 0.05) is 25.3 Å². The molecule has 0 bridgehead atoms. The van der Waals surface area contributed by atoms with Gasteiger partial charge in [-0.2, -0.15) is 0 Å². The Kier molecular flexibility index (Phi) is 3.46. The summed E-state index contributed by atoms with van der Waals surface area (Å²) in [4.78, 5) is 2.40. The summed E-state index contributed by atoms with van der Waals surface area (Å²) in [6.07, 6.45) is 0.333. The second-order valence-corrected chi connectivity index (χ2v) is 4.62. The van der Waals surface area contributed by atoms with Gasteiger partial charge >= 0.3 is 0 Å². The van der Waals surface area contributed by atoms with E-state index in [-0.39, 0.29) is 0 Å². The van der Waals surface area contributed by atoms with Crippen LogP contribution in [0, 0.1) is 6.92 Å². The molecule has 1 heterocycles. The number of rotatable bonds is 2. The van der Waals surface area contributed by atoms with Crippen LogP contribution in [0.4, 0.5) is 5.69 Å². The molecule has 0 spiro atoms. The standard InChI is InChI=1S/C13H20N2O/c1-10-3-4-13(14)12(7-10)9-15-5-6-16-11(2)8-15/h3-4,7,11H,5-6,8-9,14H2,1-2H3. The van der Waals surface area contributed by atoms with Crippen molar-refractivity contribution >= 4 is 5.69 Å². The van der Waals surface area contributed by atoms with Gasteiger partial charge < -0.3 is 10.5 Å². The van der Waals surface area contributed by atoms with Crippen LogP contribution in [0.3, 0.4) is 0 Å². The molecule has 1 aliphatic rings. The maximum absolute atomic E-state index is 5.98. The number of nitrogens with two attached hydrogens (primary N) is 1. The number of morpholine rings is 1. The van der Waals surface area contributed by atoms with Crippen molar-refractivity contribution in [3.63, 3.8) is 0 Å². The minimum Gasteiger partial charge on any atom is -0.398 e. The molecule has 3 heteroatoms. The highest BCUT2D eigenvalue weighted by molar-refractivity contribution is 5.48. The van der Waals surface area contributed by atoms with Crippen molar-refractivity contribution < 1.29 is 4.74 Å². The van der Waals surface area contributed by atoms with Gasteiger partial charge in [-0.25, -0.2) is 0 Å². The molecular formula is C13H20N2O. The maximum atomic E-state index is 5.98. The first-order valence-electron chi connectivity index (χ1n) is 5.84. The fourth-order valence-electron chi connectivity index (χ4n) is 2.15. The van der Waals surface area contributed by atoms with Crippen molar-refractivity contribution in [2.24, 2.45) is 0 Å². The zero-order chi connectivity index (χ0) is 11.5. The largest absolute Gasteiger partial charge is 0.398 e. The van der Waals surface area contributed by atoms with E-state index in [1.807, 2.05) is 6.07 Å². The number of anilines is 1. The van der Waals surface area contributed by atoms with Crippen LogP contribution in [0.5, 0.6) is 0 Å². The fraction of sp³-hybridized carbons (Fsp3) is 0.538. The summed E-state index contributed by atoms with van der Waals surface area (Å²) < 4.78 is 5.53. The van der Waals surface area contributed by atoms with Gasteiger partial charge in [0.05, 0.1) is 12.7 Å². The molecule has 2 rings (SSSR count). The fourth-order valence-corrected chi connectivity index (χ4v) is 2.15. The van der Waals surface area contributed by atoms with Gasteiger partial charge in [0.25, 0.3) is 0 Å². The summed E-state index contributed by atoms with van der Waals surface area (Å²) in [6, 6.07) is 6.23. The number of nitrogens with zero attached hydrogens (tertiary/aromatic N) is 1. The molecule has 1 fully saturated rings. The van der Waals surface area contributed by atoms with Crippen LogP contribution in [0.1, 0.15) is 18.1 Å². The van der Waals surface area contributed by atoms with Gasteiger partial charge in [-0.3, -0.25) is 4.90 Å². The van der Waals surface area contributed by atoms with E-state index in [0.29, 0.717) is 6.10 Å². The number of hydrogen-bond acceptors (Lipinski definition) is 3. The molecule has 0 saturated carbocycles. The molecule has 16 heavy (non-hydrogen) atoms. The minimum atomic E-state index is 0.333. The van der Waals surface area contributed by atoms with Gasteiger partial charge in [0.2, 0.25) is 0 Å². The summed E-state index contributed by atoms with van der Waals surface area (Å²) in [5, 5.41) is 0. The molecule has 88 valence electrons. The van der Waals surface area contributed by atoms with E-state index in [4.69, 9.17) is 10.5 Å². The van der Waals surface area contributed by atoms with Crippen molar-refractivity contribution in [2.45, 2.75) is 26.5 Å². The van der Waals surface area contributed by atoms with E-state index in [1.54, 1.807) is 0 Å². The Morgan fingerprint density at radius 1 is 1.50 bits per heavy atom. The number of aryl methyl sites for hydroxylation is 1. The minimum absolute atomic E-state index is 0.333. The number of benzene rings is 1. The first-order chi connectivity index (χ1) is 7.65. The first kappa shape index (κ1) is 11.4. The third kappa shape index (κ3) is 2.74. The Hall–Kier alpha value is -1.06. The topological polar surface area (TPSA) is 38.5 Å². The van der Waals surface area contributed by atoms with Crippen LogP contribution in [-0.4, -0.2) is 30.7 Å². The molecule has 1 aromatic rings. The molecule has 1 unspecified atom stereocenters. The molecule has 0 aromatic heterocycles. The highest BCUT2D eigenvalue weighted by Crippen LogP contribution is 2.17. The quantitative estimate of drug-likeness (QED) is 0.772. The highest BCUT2D eigenvalue weighted by atomic mass is 16.5. The Morgan fingerprint density at radius 3 is 3.06 bits per heavy atom. The summed E-state index contributed by atoms with van der Waals surface area (Å²) in [5.74, 6) is 0. The van der Waals surface area contributed by atoms with E-state index < -0.39 is 0 Å². The molecule has 0 radical (unpaired) electrons. The monoisotopic (exact) mass is 220 g/mol. The van der Waals surface area contributed by atoms with Gasteiger partial charge in [-0.05, 0) is 25.5 Å². The molecule has 1 aliphatic heterocycles. The van der Waals surface area contributed by atoms with E-state index in [0.717, 1.165) is 31.9 Å². The van der Waals surface area contributed by atoms with Crippen molar-refractivity contribution in [3.8, 4) is 0 Å². The predicted molar refractivity (Wildman–Crippen MR) is 66.3 cm³/mol. The second-order valence-electron chi connectivity index (χ2n) is 4.62. The Balaban J connectivity index is 2.05. The lowest BCUT2D eigenvalue weighted by atomic mass is 10.1. The lowest BCUT2D eigenvalue weighted by Crippen LogP contribution is -2.40. The summed E-state index contributed by atoms with van der Waals surface area (Å²) in [5.41, 5.74) is 9.38.